The molecule has 13 aromatic carbocycles. The van der Waals surface area contributed by atoms with Crippen molar-refractivity contribution in [1.82, 2.24) is 43.2 Å². The number of para-hydroxylation sites is 7. The van der Waals surface area contributed by atoms with Crippen LogP contribution in [-0.4, -0.2) is 43.2 Å². The van der Waals surface area contributed by atoms with Gasteiger partial charge in [-0.15, -0.1) is 0 Å². The van der Waals surface area contributed by atoms with Crippen LogP contribution in [0.5, 0.6) is 0 Å². The molecule has 438 valence electrons. The minimum atomic E-state index is 0.596. The number of benzene rings is 13. The van der Waals surface area contributed by atoms with Crippen LogP contribution < -0.4 is 0 Å². The minimum Gasteiger partial charge on any atom is -0.309 e. The van der Waals surface area contributed by atoms with Crippen molar-refractivity contribution in [1.29, 1.82) is 0 Å². The quantitative estimate of drug-likeness (QED) is 0.136. The molecule has 9 nitrogen and oxygen atoms in total. The van der Waals surface area contributed by atoms with Gasteiger partial charge in [0.05, 0.1) is 66.9 Å². The van der Waals surface area contributed by atoms with Crippen molar-refractivity contribution in [3.8, 4) is 90.8 Å². The van der Waals surface area contributed by atoms with Gasteiger partial charge in [-0.25, -0.2) is 24.9 Å². The van der Waals surface area contributed by atoms with Crippen LogP contribution in [0.2, 0.25) is 0 Å². The minimum absolute atomic E-state index is 0.596. The van der Waals surface area contributed by atoms with Gasteiger partial charge in [-0.1, -0.05) is 231 Å². The highest BCUT2D eigenvalue weighted by molar-refractivity contribution is 6.29. The van der Waals surface area contributed by atoms with Crippen molar-refractivity contribution in [2.45, 2.75) is 0 Å². The summed E-state index contributed by atoms with van der Waals surface area (Å²) in [5.74, 6) is 2.45. The van der Waals surface area contributed by atoms with Crippen LogP contribution >= 0.6 is 0 Å². The number of nitrogens with zero attached hydrogens (tertiary/aromatic N) is 9. The van der Waals surface area contributed by atoms with Crippen molar-refractivity contribution < 1.29 is 0 Å². The molecule has 19 rings (SSSR count). The molecule has 9 heteroatoms. The number of aromatic nitrogens is 9. The van der Waals surface area contributed by atoms with E-state index >= 15 is 0 Å². The molecule has 0 bridgehead atoms. The molecular weight excluding hydrogens is 1150 g/mol. The summed E-state index contributed by atoms with van der Waals surface area (Å²) in [5, 5.41) is 9.38. The van der Waals surface area contributed by atoms with Gasteiger partial charge < -0.3 is 18.3 Å². The van der Waals surface area contributed by atoms with Crippen LogP contribution in [0.1, 0.15) is 0 Å². The number of rotatable bonds is 10. The van der Waals surface area contributed by atoms with Gasteiger partial charge in [0.15, 0.2) is 23.3 Å². The van der Waals surface area contributed by atoms with Crippen LogP contribution in [-0.2, 0) is 0 Å². The molecule has 0 N–H and O–H groups in total. The third-order valence-electron chi connectivity index (χ3n) is 18.6. The zero-order chi connectivity index (χ0) is 61.8. The van der Waals surface area contributed by atoms with Gasteiger partial charge in [-0.3, -0.25) is 0 Å². The summed E-state index contributed by atoms with van der Waals surface area (Å²) in [6, 6.07) is 114. The third-order valence-corrected chi connectivity index (χ3v) is 18.6. The van der Waals surface area contributed by atoms with Crippen molar-refractivity contribution >= 4 is 87.2 Å². The summed E-state index contributed by atoms with van der Waals surface area (Å²) >= 11 is 0. The predicted octanol–water partition coefficient (Wildman–Crippen LogP) is 21.1. The van der Waals surface area contributed by atoms with E-state index in [0.29, 0.717) is 23.3 Å². The van der Waals surface area contributed by atoms with Gasteiger partial charge in [0.2, 0.25) is 0 Å². The summed E-state index contributed by atoms with van der Waals surface area (Å²) in [6.07, 6.45) is 0. The number of fused-ring (bicyclic) bond motifs is 14. The second-order valence-electron chi connectivity index (χ2n) is 23.9. The lowest BCUT2D eigenvalue weighted by Gasteiger charge is -2.17. The molecule has 0 amide bonds. The molecule has 0 fully saturated rings. The predicted molar refractivity (Wildman–Crippen MR) is 385 cm³/mol. The number of hydrogen-bond donors (Lipinski definition) is 0. The first-order chi connectivity index (χ1) is 46.7. The van der Waals surface area contributed by atoms with Crippen molar-refractivity contribution in [2.75, 3.05) is 0 Å². The van der Waals surface area contributed by atoms with E-state index in [1.54, 1.807) is 0 Å². The van der Waals surface area contributed by atoms with Gasteiger partial charge >= 0.3 is 0 Å². The Hall–Kier alpha value is -12.9. The van der Waals surface area contributed by atoms with Gasteiger partial charge in [0.25, 0.3) is 0 Å². The maximum absolute atomic E-state index is 5.76. The zero-order valence-electron chi connectivity index (χ0n) is 50.6. The molecule has 0 saturated heterocycles. The average molecular weight is 1200 g/mol. The Labute approximate surface area is 539 Å². The molecule has 0 saturated carbocycles. The first kappa shape index (κ1) is 53.0. The fraction of sp³-hybridized carbons (Fsp3) is 0. The SMILES string of the molecule is c1ccc(-c2cc(-c3ccccc3-n3c4ccccc4c4ccc5c(c6ccccc6n5-c5cccc(-c6nc(-c7ccccc7)nc(-c7ccccc7)n6)c5)c43)nc(-c3ccccc3-n3c4ccccc4c4c5c6ccccc6n(-c6ccccc6)c5ccc43)n2)cc1. The Morgan fingerprint density at radius 2 is 0.606 bits per heavy atom. The van der Waals surface area contributed by atoms with Crippen LogP contribution in [0.4, 0.5) is 0 Å². The molecular formula is C85H53N9. The van der Waals surface area contributed by atoms with E-state index in [2.05, 4.69) is 279 Å². The molecule has 6 heterocycles. The average Bonchev–Trinajstić information content (AvgIpc) is 1.56. The Balaban J connectivity index is 0.812. The van der Waals surface area contributed by atoms with Crippen molar-refractivity contribution in [3.63, 3.8) is 0 Å². The fourth-order valence-electron chi connectivity index (χ4n) is 14.6. The molecule has 6 aromatic heterocycles. The van der Waals surface area contributed by atoms with Crippen LogP contribution in [0.25, 0.3) is 178 Å². The van der Waals surface area contributed by atoms with E-state index in [4.69, 9.17) is 24.9 Å². The standard InChI is InChI=1S/C85H53N9/c1-5-26-54(27-6-1)67-53-68(87-85(86-67)66-41-18-24-47-74(66)93-73-46-23-16-39-64(73)79-76(93)51-50-75-78(79)63-38-15-21-44-71(63)91(75)58-33-11-4-12-34-58)62-37-14-20-43-70(62)94-69-42-19-13-36-60(69)61-48-49-77-80(81(61)94)65-40-17-22-45-72(65)92(77)59-35-25-32-57(52-59)84-89-82(55-28-7-2-8-29-55)88-83(90-84)56-30-9-3-10-31-56/h1-53H. The molecule has 0 spiro atoms. The lowest BCUT2D eigenvalue weighted by Crippen LogP contribution is -2.03. The Bertz CT molecular complexity index is 6160. The molecule has 19 aromatic rings. The maximum Gasteiger partial charge on any atom is 0.164 e. The second-order valence-corrected chi connectivity index (χ2v) is 23.9. The summed E-state index contributed by atoms with van der Waals surface area (Å²) < 4.78 is 9.69. The monoisotopic (exact) mass is 1200 g/mol. The van der Waals surface area contributed by atoms with Crippen LogP contribution in [0.3, 0.4) is 0 Å². The zero-order valence-corrected chi connectivity index (χ0v) is 50.6. The smallest absolute Gasteiger partial charge is 0.164 e. The summed E-state index contributed by atoms with van der Waals surface area (Å²) in [5.41, 5.74) is 20.2. The highest BCUT2D eigenvalue weighted by Gasteiger charge is 2.26. The highest BCUT2D eigenvalue weighted by Crippen LogP contribution is 2.47. The van der Waals surface area contributed by atoms with Gasteiger partial charge in [-0.2, -0.15) is 0 Å². The molecule has 0 unspecified atom stereocenters. The molecule has 0 aliphatic carbocycles. The summed E-state index contributed by atoms with van der Waals surface area (Å²) in [7, 11) is 0. The Morgan fingerprint density at radius 3 is 1.22 bits per heavy atom. The fourth-order valence-corrected chi connectivity index (χ4v) is 14.6. The third kappa shape index (κ3) is 8.31. The lowest BCUT2D eigenvalue weighted by atomic mass is 10.0. The molecule has 0 atom stereocenters. The molecule has 0 aliphatic rings. The van der Waals surface area contributed by atoms with Gasteiger partial charge in [-0.05, 0) is 91.0 Å². The summed E-state index contributed by atoms with van der Waals surface area (Å²) in [6.45, 7) is 0. The Morgan fingerprint density at radius 1 is 0.202 bits per heavy atom. The van der Waals surface area contributed by atoms with Gasteiger partial charge in [0.1, 0.15) is 0 Å². The van der Waals surface area contributed by atoms with Crippen LogP contribution in [0, 0.1) is 0 Å². The van der Waals surface area contributed by atoms with Gasteiger partial charge in [0, 0.05) is 87.8 Å². The number of hydrogen-bond acceptors (Lipinski definition) is 5. The van der Waals surface area contributed by atoms with E-state index in [0.717, 1.165) is 128 Å². The first-order valence-corrected chi connectivity index (χ1v) is 31.7. The van der Waals surface area contributed by atoms with Crippen molar-refractivity contribution in [3.05, 3.63) is 322 Å². The topological polar surface area (TPSA) is 84.2 Å². The van der Waals surface area contributed by atoms with Crippen molar-refractivity contribution in [2.24, 2.45) is 0 Å². The summed E-state index contributed by atoms with van der Waals surface area (Å²) in [4.78, 5) is 26.7. The van der Waals surface area contributed by atoms with E-state index in [1.807, 2.05) is 60.7 Å². The first-order valence-electron chi connectivity index (χ1n) is 31.7. The largest absolute Gasteiger partial charge is 0.309 e. The van der Waals surface area contributed by atoms with E-state index in [9.17, 15) is 0 Å². The highest BCUT2D eigenvalue weighted by atomic mass is 15.1. The molecule has 94 heavy (non-hydrogen) atoms. The van der Waals surface area contributed by atoms with E-state index in [1.165, 1.54) is 27.1 Å². The van der Waals surface area contributed by atoms with E-state index < -0.39 is 0 Å². The van der Waals surface area contributed by atoms with E-state index in [-0.39, 0.29) is 0 Å². The molecule has 0 radical (unpaired) electrons. The normalized spacial score (nSPS) is 11.8. The Kier molecular flexibility index (Phi) is 12.1. The van der Waals surface area contributed by atoms with Crippen LogP contribution in [0.15, 0.2) is 322 Å². The second kappa shape index (κ2) is 21.4. The molecule has 0 aliphatic heterocycles. The maximum atomic E-state index is 5.76. The lowest BCUT2D eigenvalue weighted by molar-refractivity contribution is 1.07.